The van der Waals surface area contributed by atoms with Gasteiger partial charge in [0.05, 0.1) is 6.42 Å². The van der Waals surface area contributed by atoms with Gasteiger partial charge in [0.1, 0.15) is 11.9 Å². The summed E-state index contributed by atoms with van der Waals surface area (Å²) in [5.74, 6) is -0.683. The number of nitrogens with zero attached hydrogens (tertiary/aromatic N) is 1. The van der Waals surface area contributed by atoms with E-state index in [1.54, 1.807) is 23.1 Å². The molecule has 0 saturated heterocycles. The van der Waals surface area contributed by atoms with Crippen molar-refractivity contribution in [3.05, 3.63) is 71.0 Å². The molecule has 1 atom stereocenters. The van der Waals surface area contributed by atoms with E-state index in [1.165, 1.54) is 6.07 Å². The summed E-state index contributed by atoms with van der Waals surface area (Å²) < 4.78 is 13.8. The molecule has 0 aliphatic carbocycles. The van der Waals surface area contributed by atoms with Gasteiger partial charge in [0.15, 0.2) is 0 Å². The van der Waals surface area contributed by atoms with Crippen molar-refractivity contribution in [1.29, 1.82) is 0 Å². The third kappa shape index (κ3) is 3.55. The molecule has 0 fully saturated rings. The van der Waals surface area contributed by atoms with Crippen LogP contribution in [0.3, 0.4) is 0 Å². The molecule has 1 aliphatic heterocycles. The Hall–Kier alpha value is -2.69. The fourth-order valence-electron chi connectivity index (χ4n) is 3.24. The average molecular weight is 340 g/mol. The van der Waals surface area contributed by atoms with Crippen LogP contribution in [0.2, 0.25) is 0 Å². The number of hydrogen-bond acceptors (Lipinski definition) is 2. The number of benzene rings is 2. The summed E-state index contributed by atoms with van der Waals surface area (Å²) in [5.41, 5.74) is 2.15. The Morgan fingerprint density at radius 1 is 1.20 bits per heavy atom. The standard InChI is InChI=1S/C20H21FN2O2/c1-2-11-23-18(24)12-14-7-3-5-9-16(14)19(23)20(25)22-13-15-8-4-6-10-17(15)21/h3-10,19H,2,11-13H2,1H3,(H,22,25). The predicted octanol–water partition coefficient (Wildman–Crippen LogP) is 2.98. The Labute approximate surface area is 146 Å². The molecule has 0 spiro atoms. The molecule has 1 heterocycles. The molecule has 0 saturated carbocycles. The van der Waals surface area contributed by atoms with Crippen molar-refractivity contribution in [2.24, 2.45) is 0 Å². The van der Waals surface area contributed by atoms with Crippen molar-refractivity contribution < 1.29 is 14.0 Å². The van der Waals surface area contributed by atoms with Crippen LogP contribution in [0.5, 0.6) is 0 Å². The Balaban J connectivity index is 1.85. The number of amides is 2. The summed E-state index contributed by atoms with van der Waals surface area (Å²) in [4.78, 5) is 26.9. The van der Waals surface area contributed by atoms with Gasteiger partial charge in [-0.15, -0.1) is 0 Å². The smallest absolute Gasteiger partial charge is 0.247 e. The average Bonchev–Trinajstić information content (AvgIpc) is 2.61. The van der Waals surface area contributed by atoms with Crippen molar-refractivity contribution in [2.45, 2.75) is 32.4 Å². The number of fused-ring (bicyclic) bond motifs is 1. The van der Waals surface area contributed by atoms with E-state index >= 15 is 0 Å². The highest BCUT2D eigenvalue weighted by molar-refractivity contribution is 5.92. The fourth-order valence-corrected chi connectivity index (χ4v) is 3.24. The zero-order valence-corrected chi connectivity index (χ0v) is 14.2. The summed E-state index contributed by atoms with van der Waals surface area (Å²) >= 11 is 0. The lowest BCUT2D eigenvalue weighted by Gasteiger charge is -2.36. The van der Waals surface area contributed by atoms with Gasteiger partial charge in [-0.25, -0.2) is 4.39 Å². The molecule has 4 nitrogen and oxygen atoms in total. The first-order valence-electron chi connectivity index (χ1n) is 8.50. The van der Waals surface area contributed by atoms with Crippen LogP contribution in [0.25, 0.3) is 0 Å². The number of nitrogens with one attached hydrogen (secondary N) is 1. The van der Waals surface area contributed by atoms with Crippen molar-refractivity contribution >= 4 is 11.8 Å². The van der Waals surface area contributed by atoms with Crippen LogP contribution >= 0.6 is 0 Å². The minimum atomic E-state index is -0.663. The minimum Gasteiger partial charge on any atom is -0.350 e. The lowest BCUT2D eigenvalue weighted by atomic mass is 9.91. The molecular formula is C20H21FN2O2. The van der Waals surface area contributed by atoms with E-state index in [0.717, 1.165) is 17.5 Å². The van der Waals surface area contributed by atoms with Crippen molar-refractivity contribution in [2.75, 3.05) is 6.54 Å². The molecule has 25 heavy (non-hydrogen) atoms. The van der Waals surface area contributed by atoms with Crippen molar-refractivity contribution in [1.82, 2.24) is 10.2 Å². The van der Waals surface area contributed by atoms with Gasteiger partial charge in [0.25, 0.3) is 0 Å². The maximum Gasteiger partial charge on any atom is 0.247 e. The van der Waals surface area contributed by atoms with Crippen molar-refractivity contribution in [3.63, 3.8) is 0 Å². The van der Waals surface area contributed by atoms with Gasteiger partial charge in [-0.2, -0.15) is 0 Å². The van der Waals surface area contributed by atoms with E-state index in [2.05, 4.69) is 5.32 Å². The molecule has 1 unspecified atom stereocenters. The van der Waals surface area contributed by atoms with Gasteiger partial charge in [-0.05, 0) is 23.6 Å². The summed E-state index contributed by atoms with van der Waals surface area (Å²) in [5, 5.41) is 2.79. The second-order valence-corrected chi connectivity index (χ2v) is 6.17. The second kappa shape index (κ2) is 7.47. The van der Waals surface area contributed by atoms with Crippen molar-refractivity contribution in [3.8, 4) is 0 Å². The zero-order valence-electron chi connectivity index (χ0n) is 14.2. The SMILES string of the molecule is CCCN1C(=O)Cc2ccccc2C1C(=O)NCc1ccccc1F. The summed E-state index contributed by atoms with van der Waals surface area (Å²) in [6, 6.07) is 13.2. The van der Waals surface area contributed by atoms with Gasteiger partial charge in [-0.1, -0.05) is 49.4 Å². The van der Waals surface area contributed by atoms with Crippen LogP contribution in [-0.4, -0.2) is 23.3 Å². The van der Waals surface area contributed by atoms with Crippen LogP contribution in [0.15, 0.2) is 48.5 Å². The Morgan fingerprint density at radius 2 is 1.92 bits per heavy atom. The monoisotopic (exact) mass is 340 g/mol. The Kier molecular flexibility index (Phi) is 5.12. The first kappa shape index (κ1) is 17.1. The normalized spacial score (nSPS) is 16.5. The highest BCUT2D eigenvalue weighted by atomic mass is 19.1. The number of halogens is 1. The summed E-state index contributed by atoms with van der Waals surface area (Å²) in [7, 11) is 0. The highest BCUT2D eigenvalue weighted by Gasteiger charge is 2.36. The maximum absolute atomic E-state index is 13.8. The number of carbonyl (C=O) groups is 2. The molecule has 1 N–H and O–H groups in total. The Morgan fingerprint density at radius 3 is 2.68 bits per heavy atom. The third-order valence-corrected chi connectivity index (χ3v) is 4.45. The lowest BCUT2D eigenvalue weighted by molar-refractivity contribution is -0.141. The quantitative estimate of drug-likeness (QED) is 0.910. The van der Waals surface area contributed by atoms with Gasteiger partial charge < -0.3 is 10.2 Å². The van der Waals surface area contributed by atoms with Crippen LogP contribution < -0.4 is 5.32 Å². The molecule has 2 aromatic carbocycles. The van der Waals surface area contributed by atoms with Crippen LogP contribution in [-0.2, 0) is 22.6 Å². The zero-order chi connectivity index (χ0) is 17.8. The van der Waals surface area contributed by atoms with E-state index in [4.69, 9.17) is 0 Å². The molecule has 130 valence electrons. The number of hydrogen-bond donors (Lipinski definition) is 1. The minimum absolute atomic E-state index is 0.0495. The largest absolute Gasteiger partial charge is 0.350 e. The van der Waals surface area contributed by atoms with E-state index in [9.17, 15) is 14.0 Å². The topological polar surface area (TPSA) is 49.4 Å². The van der Waals surface area contributed by atoms with Gasteiger partial charge in [-0.3, -0.25) is 9.59 Å². The molecule has 0 aromatic heterocycles. The van der Waals surface area contributed by atoms with Crippen LogP contribution in [0.4, 0.5) is 4.39 Å². The molecule has 2 amide bonds. The summed E-state index contributed by atoms with van der Waals surface area (Å²) in [6.45, 7) is 2.59. The van der Waals surface area contributed by atoms with Gasteiger partial charge in [0, 0.05) is 18.7 Å². The van der Waals surface area contributed by atoms with Crippen LogP contribution in [0, 0.1) is 5.82 Å². The predicted molar refractivity (Wildman–Crippen MR) is 93.1 cm³/mol. The number of rotatable bonds is 5. The van der Waals surface area contributed by atoms with Crippen LogP contribution in [0.1, 0.15) is 36.1 Å². The van der Waals surface area contributed by atoms with Gasteiger partial charge >= 0.3 is 0 Å². The molecule has 0 radical (unpaired) electrons. The fraction of sp³-hybridized carbons (Fsp3) is 0.300. The number of carbonyl (C=O) groups excluding carboxylic acids is 2. The first-order valence-corrected chi connectivity index (χ1v) is 8.50. The van der Waals surface area contributed by atoms with E-state index in [1.807, 2.05) is 31.2 Å². The third-order valence-electron chi connectivity index (χ3n) is 4.45. The first-order chi connectivity index (χ1) is 12.1. The lowest BCUT2D eigenvalue weighted by Crippen LogP contribution is -2.47. The van der Waals surface area contributed by atoms with E-state index in [0.29, 0.717) is 18.5 Å². The molecule has 0 bridgehead atoms. The van der Waals surface area contributed by atoms with E-state index < -0.39 is 6.04 Å². The molecule has 3 rings (SSSR count). The maximum atomic E-state index is 13.8. The highest BCUT2D eigenvalue weighted by Crippen LogP contribution is 2.30. The molecule has 5 heteroatoms. The molecular weight excluding hydrogens is 319 g/mol. The van der Waals surface area contributed by atoms with Gasteiger partial charge in [0.2, 0.25) is 11.8 Å². The summed E-state index contributed by atoms with van der Waals surface area (Å²) in [6.07, 6.45) is 1.08. The molecule has 1 aliphatic rings. The molecule has 2 aromatic rings. The second-order valence-electron chi connectivity index (χ2n) is 6.17. The Bertz CT molecular complexity index is 791. The van der Waals surface area contributed by atoms with E-state index in [-0.39, 0.29) is 24.2 Å².